The van der Waals surface area contributed by atoms with Gasteiger partial charge in [-0.1, -0.05) is 6.07 Å². The first-order valence-electron chi connectivity index (χ1n) is 6.03. The molecule has 0 spiro atoms. The van der Waals surface area contributed by atoms with Gasteiger partial charge in [0.15, 0.2) is 0 Å². The molecular formula is C14H15FN2OS. The summed E-state index contributed by atoms with van der Waals surface area (Å²) in [6.07, 6.45) is 0.748. The molecule has 0 saturated heterocycles. The number of carbonyl (C=O) groups is 1. The van der Waals surface area contributed by atoms with E-state index < -0.39 is 5.82 Å². The lowest BCUT2D eigenvalue weighted by molar-refractivity contribution is 0.0953. The number of hydrogen-bond donors (Lipinski definition) is 1. The fraction of sp³-hybridized carbons (Fsp3) is 0.286. The molecule has 1 heterocycles. The Bertz CT molecular complexity index is 595. The highest BCUT2D eigenvalue weighted by atomic mass is 32.1. The molecule has 3 nitrogen and oxygen atoms in total. The van der Waals surface area contributed by atoms with Crippen molar-refractivity contribution in [3.63, 3.8) is 0 Å². The van der Waals surface area contributed by atoms with Gasteiger partial charge in [0.25, 0.3) is 5.91 Å². The van der Waals surface area contributed by atoms with E-state index in [4.69, 9.17) is 0 Å². The van der Waals surface area contributed by atoms with E-state index in [1.807, 2.05) is 13.8 Å². The average molecular weight is 278 g/mol. The second kappa shape index (κ2) is 5.93. The zero-order chi connectivity index (χ0) is 13.8. The summed E-state index contributed by atoms with van der Waals surface area (Å²) in [5, 5.41) is 3.82. The molecule has 0 aliphatic heterocycles. The molecule has 0 aliphatic rings. The van der Waals surface area contributed by atoms with Crippen molar-refractivity contribution in [2.75, 3.05) is 6.54 Å². The second-order valence-corrected chi connectivity index (χ2v) is 5.55. The number of hydrogen-bond acceptors (Lipinski definition) is 3. The summed E-state index contributed by atoms with van der Waals surface area (Å²) in [4.78, 5) is 17.3. The molecule has 0 bridgehead atoms. The van der Waals surface area contributed by atoms with E-state index in [-0.39, 0.29) is 5.91 Å². The Balaban J connectivity index is 1.89. The van der Waals surface area contributed by atoms with E-state index in [0.717, 1.165) is 17.1 Å². The maximum absolute atomic E-state index is 13.0. The molecule has 0 unspecified atom stereocenters. The van der Waals surface area contributed by atoms with E-state index in [0.29, 0.717) is 12.1 Å². The lowest BCUT2D eigenvalue weighted by atomic mass is 10.2. The summed E-state index contributed by atoms with van der Waals surface area (Å²) in [5.41, 5.74) is 1.36. The number of thiazole rings is 1. The highest BCUT2D eigenvalue weighted by molar-refractivity contribution is 7.11. The number of aromatic nitrogens is 1. The van der Waals surface area contributed by atoms with Crippen LogP contribution in [0.1, 0.15) is 25.9 Å². The van der Waals surface area contributed by atoms with Crippen LogP contribution in [0.5, 0.6) is 0 Å². The molecule has 1 N–H and O–H groups in total. The van der Waals surface area contributed by atoms with Crippen molar-refractivity contribution in [1.82, 2.24) is 10.3 Å². The SMILES string of the molecule is Cc1nc(C)c(CCNC(=O)c2cccc(F)c2)s1. The van der Waals surface area contributed by atoms with Gasteiger partial charge in [0, 0.05) is 23.4 Å². The zero-order valence-electron chi connectivity index (χ0n) is 10.9. The Labute approximate surface area is 115 Å². The van der Waals surface area contributed by atoms with Crippen LogP contribution in [0.2, 0.25) is 0 Å². The van der Waals surface area contributed by atoms with E-state index in [1.165, 1.54) is 23.1 Å². The predicted octanol–water partition coefficient (Wildman–Crippen LogP) is 2.87. The molecular weight excluding hydrogens is 263 g/mol. The van der Waals surface area contributed by atoms with Crippen molar-refractivity contribution < 1.29 is 9.18 Å². The van der Waals surface area contributed by atoms with Gasteiger partial charge in [-0.15, -0.1) is 11.3 Å². The number of nitrogens with zero attached hydrogens (tertiary/aromatic N) is 1. The van der Waals surface area contributed by atoms with E-state index in [9.17, 15) is 9.18 Å². The summed E-state index contributed by atoms with van der Waals surface area (Å²) in [6.45, 7) is 4.46. The van der Waals surface area contributed by atoms with Crippen LogP contribution in [0.15, 0.2) is 24.3 Å². The van der Waals surface area contributed by atoms with Crippen molar-refractivity contribution in [3.8, 4) is 0 Å². The maximum atomic E-state index is 13.0. The van der Waals surface area contributed by atoms with Crippen LogP contribution in [-0.4, -0.2) is 17.4 Å². The monoisotopic (exact) mass is 278 g/mol. The molecule has 19 heavy (non-hydrogen) atoms. The standard InChI is InChI=1S/C14H15FN2OS/c1-9-13(19-10(2)17-9)6-7-16-14(18)11-4-3-5-12(15)8-11/h3-5,8H,6-7H2,1-2H3,(H,16,18). The van der Waals surface area contributed by atoms with Crippen LogP contribution in [0.4, 0.5) is 4.39 Å². The van der Waals surface area contributed by atoms with Gasteiger partial charge >= 0.3 is 0 Å². The minimum atomic E-state index is -0.401. The third-order valence-corrected chi connectivity index (χ3v) is 3.86. The summed E-state index contributed by atoms with van der Waals surface area (Å²) in [7, 11) is 0. The third-order valence-electron chi connectivity index (χ3n) is 2.72. The minimum absolute atomic E-state index is 0.251. The molecule has 0 aliphatic carbocycles. The van der Waals surface area contributed by atoms with Gasteiger partial charge in [0.1, 0.15) is 5.82 Å². The molecule has 1 aromatic heterocycles. The fourth-order valence-electron chi connectivity index (χ4n) is 1.83. The number of carbonyl (C=O) groups excluding carboxylic acids is 1. The number of nitrogens with one attached hydrogen (secondary N) is 1. The van der Waals surface area contributed by atoms with Gasteiger partial charge in [-0.05, 0) is 32.0 Å². The van der Waals surface area contributed by atoms with E-state index in [1.54, 1.807) is 17.4 Å². The van der Waals surface area contributed by atoms with Crippen molar-refractivity contribution in [2.45, 2.75) is 20.3 Å². The Morgan fingerprint density at radius 2 is 2.21 bits per heavy atom. The summed E-state index contributed by atoms with van der Waals surface area (Å²) in [5.74, 6) is -0.653. The number of aryl methyl sites for hydroxylation is 2. The average Bonchev–Trinajstić information content (AvgIpc) is 2.68. The zero-order valence-corrected chi connectivity index (χ0v) is 11.7. The smallest absolute Gasteiger partial charge is 0.251 e. The van der Waals surface area contributed by atoms with Gasteiger partial charge in [0.05, 0.1) is 10.7 Å². The molecule has 2 rings (SSSR count). The number of rotatable bonds is 4. The van der Waals surface area contributed by atoms with Gasteiger partial charge in [-0.2, -0.15) is 0 Å². The number of benzene rings is 1. The molecule has 1 amide bonds. The van der Waals surface area contributed by atoms with Crippen molar-refractivity contribution in [3.05, 3.63) is 51.2 Å². The van der Waals surface area contributed by atoms with Gasteiger partial charge in [-0.25, -0.2) is 9.37 Å². The molecule has 1 aromatic carbocycles. The number of halogens is 1. The highest BCUT2D eigenvalue weighted by Gasteiger charge is 2.08. The highest BCUT2D eigenvalue weighted by Crippen LogP contribution is 2.17. The lowest BCUT2D eigenvalue weighted by Crippen LogP contribution is -2.25. The number of amides is 1. The Morgan fingerprint density at radius 3 is 2.84 bits per heavy atom. The molecule has 5 heteroatoms. The first kappa shape index (κ1) is 13.7. The van der Waals surface area contributed by atoms with Crippen LogP contribution < -0.4 is 5.32 Å². The van der Waals surface area contributed by atoms with Crippen molar-refractivity contribution in [2.24, 2.45) is 0 Å². The topological polar surface area (TPSA) is 42.0 Å². The van der Waals surface area contributed by atoms with E-state index in [2.05, 4.69) is 10.3 Å². The third kappa shape index (κ3) is 3.61. The molecule has 100 valence electrons. The molecule has 0 fully saturated rings. The molecule has 0 saturated carbocycles. The van der Waals surface area contributed by atoms with Gasteiger partial charge < -0.3 is 5.32 Å². The normalized spacial score (nSPS) is 10.5. The summed E-state index contributed by atoms with van der Waals surface area (Å²) in [6, 6.07) is 5.68. The van der Waals surface area contributed by atoms with Crippen LogP contribution in [-0.2, 0) is 6.42 Å². The maximum Gasteiger partial charge on any atom is 0.251 e. The fourth-order valence-corrected chi connectivity index (χ4v) is 2.76. The first-order valence-corrected chi connectivity index (χ1v) is 6.84. The van der Waals surface area contributed by atoms with Crippen molar-refractivity contribution in [1.29, 1.82) is 0 Å². The van der Waals surface area contributed by atoms with Crippen LogP contribution in [0.3, 0.4) is 0 Å². The van der Waals surface area contributed by atoms with Crippen LogP contribution in [0.25, 0.3) is 0 Å². The lowest BCUT2D eigenvalue weighted by Gasteiger charge is -2.04. The molecule has 0 radical (unpaired) electrons. The Morgan fingerprint density at radius 1 is 1.42 bits per heavy atom. The quantitative estimate of drug-likeness (QED) is 0.934. The molecule has 2 aromatic rings. The molecule has 0 atom stereocenters. The summed E-state index contributed by atoms with van der Waals surface area (Å²) < 4.78 is 13.0. The van der Waals surface area contributed by atoms with Crippen molar-refractivity contribution >= 4 is 17.2 Å². The predicted molar refractivity (Wildman–Crippen MR) is 74.0 cm³/mol. The first-order chi connectivity index (χ1) is 9.06. The van der Waals surface area contributed by atoms with E-state index >= 15 is 0 Å². The summed E-state index contributed by atoms with van der Waals surface area (Å²) >= 11 is 1.64. The van der Waals surface area contributed by atoms with Gasteiger partial charge in [0.2, 0.25) is 0 Å². The largest absolute Gasteiger partial charge is 0.352 e. The van der Waals surface area contributed by atoms with Gasteiger partial charge in [-0.3, -0.25) is 4.79 Å². The Hall–Kier alpha value is -1.75. The van der Waals surface area contributed by atoms with Crippen LogP contribution in [0, 0.1) is 19.7 Å². The minimum Gasteiger partial charge on any atom is -0.352 e. The Kier molecular flexibility index (Phi) is 4.27. The van der Waals surface area contributed by atoms with Crippen LogP contribution >= 0.6 is 11.3 Å². The second-order valence-electron chi connectivity index (χ2n) is 4.26.